The van der Waals surface area contributed by atoms with Crippen molar-refractivity contribution in [2.75, 3.05) is 0 Å². The fourth-order valence-corrected chi connectivity index (χ4v) is 0.391. The van der Waals surface area contributed by atoms with Crippen LogP contribution >= 0.6 is 0 Å². The fourth-order valence-electron chi connectivity index (χ4n) is 0.391. The molecule has 9 heavy (non-hydrogen) atoms. The molecule has 2 heteroatoms. The van der Waals surface area contributed by atoms with Gasteiger partial charge in [0.05, 0.1) is 0 Å². The Morgan fingerprint density at radius 1 is 1.67 bits per heavy atom. The molecule has 1 amide bonds. The molecule has 0 radical (unpaired) electrons. The zero-order valence-electron chi connectivity index (χ0n) is 5.72. The van der Waals surface area contributed by atoms with Crippen molar-refractivity contribution in [2.24, 2.45) is 17.6 Å². The molecule has 2 atom stereocenters. The molecule has 0 aliphatic rings. The van der Waals surface area contributed by atoms with Gasteiger partial charge in [-0.3, -0.25) is 4.79 Å². The van der Waals surface area contributed by atoms with Crippen LogP contribution in [0.3, 0.4) is 0 Å². The van der Waals surface area contributed by atoms with Crippen LogP contribution in [0.1, 0.15) is 13.8 Å². The molecule has 50 valence electrons. The highest BCUT2D eigenvalue weighted by Gasteiger charge is 2.14. The van der Waals surface area contributed by atoms with Gasteiger partial charge in [-0.25, -0.2) is 0 Å². The van der Waals surface area contributed by atoms with E-state index in [4.69, 9.17) is 12.2 Å². The third kappa shape index (κ3) is 2.18. The molecule has 0 saturated carbocycles. The Balaban J connectivity index is 3.91. The fraction of sp³-hybridized carbons (Fsp3) is 0.571. The van der Waals surface area contributed by atoms with Gasteiger partial charge in [0.2, 0.25) is 5.91 Å². The number of hydrogen-bond acceptors (Lipinski definition) is 1. The van der Waals surface area contributed by atoms with Crippen molar-refractivity contribution in [2.45, 2.75) is 13.8 Å². The molecule has 0 saturated heterocycles. The first-order valence-electron chi connectivity index (χ1n) is 2.85. The van der Waals surface area contributed by atoms with Gasteiger partial charge in [-0.1, -0.05) is 13.8 Å². The van der Waals surface area contributed by atoms with Crippen LogP contribution in [0.5, 0.6) is 0 Å². The lowest BCUT2D eigenvalue weighted by Crippen LogP contribution is -2.25. The van der Waals surface area contributed by atoms with E-state index < -0.39 is 0 Å². The third-order valence-corrected chi connectivity index (χ3v) is 1.46. The van der Waals surface area contributed by atoms with Crippen LogP contribution in [0.4, 0.5) is 0 Å². The van der Waals surface area contributed by atoms with Crippen LogP contribution in [0, 0.1) is 24.2 Å². The zero-order chi connectivity index (χ0) is 7.44. The summed E-state index contributed by atoms with van der Waals surface area (Å²) in [6.45, 7) is 3.53. The number of nitrogens with two attached hydrogens (primary N) is 1. The second-order valence-corrected chi connectivity index (χ2v) is 2.15. The van der Waals surface area contributed by atoms with Crippen molar-refractivity contribution < 1.29 is 4.79 Å². The number of hydrogen-bond donors (Lipinski definition) is 1. The van der Waals surface area contributed by atoms with E-state index in [0.717, 1.165) is 0 Å². The van der Waals surface area contributed by atoms with E-state index in [1.165, 1.54) is 0 Å². The van der Waals surface area contributed by atoms with Crippen molar-refractivity contribution in [1.82, 2.24) is 0 Å². The van der Waals surface area contributed by atoms with Gasteiger partial charge >= 0.3 is 0 Å². The van der Waals surface area contributed by atoms with E-state index in [2.05, 4.69) is 5.92 Å². The maximum atomic E-state index is 10.4. The summed E-state index contributed by atoms with van der Waals surface area (Å²) in [5, 5.41) is 0. The van der Waals surface area contributed by atoms with Crippen molar-refractivity contribution in [3.63, 3.8) is 0 Å². The zero-order valence-corrected chi connectivity index (χ0v) is 5.72. The Morgan fingerprint density at radius 3 is 2.22 bits per heavy atom. The summed E-state index contributed by atoms with van der Waals surface area (Å²) in [5.74, 6) is 1.85. The van der Waals surface area contributed by atoms with E-state index in [9.17, 15) is 4.79 Å². The Labute approximate surface area is 55.4 Å². The summed E-state index contributed by atoms with van der Waals surface area (Å²) in [5.41, 5.74) is 4.98. The van der Waals surface area contributed by atoms with Gasteiger partial charge in [0.1, 0.15) is 0 Å². The second-order valence-electron chi connectivity index (χ2n) is 2.15. The number of carbonyl (C=O) groups is 1. The van der Waals surface area contributed by atoms with Gasteiger partial charge in [0.25, 0.3) is 0 Å². The molecule has 0 heterocycles. The molecule has 0 bridgehead atoms. The Hall–Kier alpha value is -0.970. The summed E-state index contributed by atoms with van der Waals surface area (Å²) in [6.07, 6.45) is 5.05. The molecule has 2 unspecified atom stereocenters. The van der Waals surface area contributed by atoms with Gasteiger partial charge < -0.3 is 5.73 Å². The lowest BCUT2D eigenvalue weighted by Gasteiger charge is -2.08. The van der Waals surface area contributed by atoms with Crippen molar-refractivity contribution in [1.29, 1.82) is 0 Å². The van der Waals surface area contributed by atoms with Crippen LogP contribution in [0.15, 0.2) is 0 Å². The average Bonchev–Trinajstić information content (AvgIpc) is 1.84. The minimum Gasteiger partial charge on any atom is -0.369 e. The maximum absolute atomic E-state index is 10.4. The minimum atomic E-state index is -0.333. The lowest BCUT2D eigenvalue weighted by molar-refractivity contribution is -0.122. The van der Waals surface area contributed by atoms with E-state index in [1.807, 2.05) is 0 Å². The highest BCUT2D eigenvalue weighted by Crippen LogP contribution is 2.07. The maximum Gasteiger partial charge on any atom is 0.221 e. The molecule has 0 fully saturated rings. The molecule has 0 aromatic carbocycles. The van der Waals surface area contributed by atoms with Crippen LogP contribution in [0.2, 0.25) is 0 Å². The standard InChI is InChI=1S/C7H11NO/c1-4-5(2)6(3)7(8)9/h1,5-6H,2-3H3,(H2,8,9). The molecule has 0 aliphatic heterocycles. The van der Waals surface area contributed by atoms with Crippen molar-refractivity contribution >= 4 is 5.91 Å². The predicted octanol–water partition coefficient (Wildman–Crippen LogP) is 0.377. The van der Waals surface area contributed by atoms with Crippen LogP contribution in [-0.4, -0.2) is 5.91 Å². The number of carbonyl (C=O) groups excluding carboxylic acids is 1. The minimum absolute atomic E-state index is 0.0532. The molecule has 0 aromatic heterocycles. The molecule has 0 aromatic rings. The molecule has 2 N–H and O–H groups in total. The number of rotatable bonds is 2. The summed E-state index contributed by atoms with van der Waals surface area (Å²) in [7, 11) is 0. The molecule has 0 aliphatic carbocycles. The van der Waals surface area contributed by atoms with Crippen LogP contribution in [0.25, 0.3) is 0 Å². The number of amides is 1. The number of terminal acetylenes is 1. The van der Waals surface area contributed by atoms with Crippen LogP contribution < -0.4 is 5.73 Å². The van der Waals surface area contributed by atoms with Crippen LogP contribution in [-0.2, 0) is 4.79 Å². The highest BCUT2D eigenvalue weighted by molar-refractivity contribution is 5.76. The smallest absolute Gasteiger partial charge is 0.221 e. The summed E-state index contributed by atoms with van der Waals surface area (Å²) in [6, 6.07) is 0. The Kier molecular flexibility index (Phi) is 2.80. The van der Waals surface area contributed by atoms with Gasteiger partial charge in [-0.05, 0) is 0 Å². The first-order valence-corrected chi connectivity index (χ1v) is 2.85. The predicted molar refractivity (Wildman–Crippen MR) is 36.4 cm³/mol. The summed E-state index contributed by atoms with van der Waals surface area (Å²) in [4.78, 5) is 10.4. The molecule has 2 nitrogen and oxygen atoms in total. The van der Waals surface area contributed by atoms with Gasteiger partial charge in [0.15, 0.2) is 0 Å². The van der Waals surface area contributed by atoms with Gasteiger partial charge in [-0.2, -0.15) is 0 Å². The van der Waals surface area contributed by atoms with E-state index >= 15 is 0 Å². The van der Waals surface area contributed by atoms with E-state index in [-0.39, 0.29) is 17.7 Å². The molecular weight excluding hydrogens is 114 g/mol. The van der Waals surface area contributed by atoms with E-state index in [1.54, 1.807) is 13.8 Å². The monoisotopic (exact) mass is 125 g/mol. The first kappa shape index (κ1) is 8.03. The van der Waals surface area contributed by atoms with Gasteiger partial charge in [-0.15, -0.1) is 12.3 Å². The molecule has 0 spiro atoms. The second kappa shape index (κ2) is 3.13. The summed E-state index contributed by atoms with van der Waals surface area (Å²) < 4.78 is 0. The normalized spacial score (nSPS) is 15.7. The summed E-state index contributed by atoms with van der Waals surface area (Å²) >= 11 is 0. The molecule has 0 rings (SSSR count). The largest absolute Gasteiger partial charge is 0.369 e. The third-order valence-electron chi connectivity index (χ3n) is 1.46. The highest BCUT2D eigenvalue weighted by atomic mass is 16.1. The van der Waals surface area contributed by atoms with Crippen molar-refractivity contribution in [3.05, 3.63) is 0 Å². The number of primary amides is 1. The SMILES string of the molecule is C#CC(C)C(C)C(N)=O. The van der Waals surface area contributed by atoms with E-state index in [0.29, 0.717) is 0 Å². The average molecular weight is 125 g/mol. The first-order chi connectivity index (χ1) is 4.09. The van der Waals surface area contributed by atoms with Crippen molar-refractivity contribution in [3.8, 4) is 12.3 Å². The molecular formula is C7H11NO. The quantitative estimate of drug-likeness (QED) is 0.532. The Bertz CT molecular complexity index is 145. The topological polar surface area (TPSA) is 43.1 Å². The van der Waals surface area contributed by atoms with Gasteiger partial charge in [0, 0.05) is 11.8 Å². The Morgan fingerprint density at radius 2 is 2.11 bits per heavy atom. The lowest BCUT2D eigenvalue weighted by atomic mass is 9.97.